The van der Waals surface area contributed by atoms with Gasteiger partial charge in [-0.25, -0.2) is 0 Å². The van der Waals surface area contributed by atoms with Crippen molar-refractivity contribution in [1.82, 2.24) is 4.57 Å². The molecule has 2 aromatic rings. The van der Waals surface area contributed by atoms with E-state index in [-0.39, 0.29) is 17.0 Å². The van der Waals surface area contributed by atoms with Crippen molar-refractivity contribution in [1.29, 1.82) is 0 Å². The molecule has 18 heavy (non-hydrogen) atoms. The van der Waals surface area contributed by atoms with Gasteiger partial charge in [0.2, 0.25) is 0 Å². The number of benzene rings is 1. The Hall–Kier alpha value is -2.56. The molecule has 1 aromatic carbocycles. The first kappa shape index (κ1) is 11.9. The minimum Gasteiger partial charge on any atom is -0.409 e. The van der Waals surface area contributed by atoms with Gasteiger partial charge in [-0.2, -0.15) is 0 Å². The van der Waals surface area contributed by atoms with Crippen LogP contribution in [0.1, 0.15) is 11.1 Å². The Balaban J connectivity index is 2.39. The first-order valence-electron chi connectivity index (χ1n) is 5.43. The molecule has 3 N–H and O–H groups in total. The van der Waals surface area contributed by atoms with Gasteiger partial charge in [-0.05, 0) is 17.7 Å². The Kier molecular flexibility index (Phi) is 3.43. The molecule has 0 unspecified atom stereocenters. The number of hydrogen-bond donors (Lipinski definition) is 2. The van der Waals surface area contributed by atoms with Crippen LogP contribution in [0, 0.1) is 0 Å². The van der Waals surface area contributed by atoms with Crippen LogP contribution in [0.15, 0.2) is 58.6 Å². The fourth-order valence-electron chi connectivity index (χ4n) is 1.69. The van der Waals surface area contributed by atoms with Gasteiger partial charge in [0, 0.05) is 6.20 Å². The third-order valence-electron chi connectivity index (χ3n) is 2.60. The summed E-state index contributed by atoms with van der Waals surface area (Å²) in [6, 6.07) is 12.8. The average molecular weight is 243 g/mol. The minimum absolute atomic E-state index is 0.178. The summed E-state index contributed by atoms with van der Waals surface area (Å²) in [5.41, 5.74) is 6.36. The minimum atomic E-state index is -0.281. The van der Waals surface area contributed by atoms with Crippen LogP contribution in [-0.2, 0) is 6.54 Å². The lowest BCUT2D eigenvalue weighted by Gasteiger charge is -2.07. The number of amidine groups is 1. The third kappa shape index (κ3) is 2.40. The lowest BCUT2D eigenvalue weighted by molar-refractivity contribution is 0.318. The van der Waals surface area contributed by atoms with Crippen LogP contribution in [0.25, 0.3) is 0 Å². The molecule has 0 saturated carbocycles. The summed E-state index contributed by atoms with van der Waals surface area (Å²) in [5.74, 6) is -0.178. The van der Waals surface area contributed by atoms with E-state index < -0.39 is 0 Å². The fourth-order valence-corrected chi connectivity index (χ4v) is 1.69. The van der Waals surface area contributed by atoms with Gasteiger partial charge in [0.15, 0.2) is 5.84 Å². The zero-order valence-electron chi connectivity index (χ0n) is 9.65. The van der Waals surface area contributed by atoms with Gasteiger partial charge in [-0.3, -0.25) is 4.79 Å². The Morgan fingerprint density at radius 2 is 1.94 bits per heavy atom. The van der Waals surface area contributed by atoms with Crippen LogP contribution in [0.3, 0.4) is 0 Å². The topological polar surface area (TPSA) is 80.6 Å². The van der Waals surface area contributed by atoms with Gasteiger partial charge < -0.3 is 15.5 Å². The molecule has 5 nitrogen and oxygen atoms in total. The van der Waals surface area contributed by atoms with Gasteiger partial charge in [0.25, 0.3) is 5.56 Å². The predicted octanol–water partition coefficient (Wildman–Crippen LogP) is 0.991. The normalized spacial score (nSPS) is 11.4. The average Bonchev–Trinajstić information content (AvgIpc) is 2.41. The van der Waals surface area contributed by atoms with Crippen molar-refractivity contribution in [3.8, 4) is 0 Å². The highest BCUT2D eigenvalue weighted by atomic mass is 16.4. The smallest absolute Gasteiger partial charge is 0.261 e. The first-order valence-corrected chi connectivity index (χ1v) is 5.43. The van der Waals surface area contributed by atoms with E-state index in [1.807, 2.05) is 30.3 Å². The Labute approximate surface area is 104 Å². The van der Waals surface area contributed by atoms with Gasteiger partial charge in [0.1, 0.15) is 0 Å². The predicted molar refractivity (Wildman–Crippen MR) is 68.8 cm³/mol. The highest BCUT2D eigenvalue weighted by Gasteiger charge is 2.07. The highest BCUT2D eigenvalue weighted by molar-refractivity contribution is 5.96. The molecule has 0 amide bonds. The van der Waals surface area contributed by atoms with Crippen molar-refractivity contribution in [3.63, 3.8) is 0 Å². The lowest BCUT2D eigenvalue weighted by Crippen LogP contribution is -2.29. The number of oxime groups is 1. The molecule has 0 bridgehead atoms. The maximum absolute atomic E-state index is 12.1. The first-order chi connectivity index (χ1) is 8.72. The van der Waals surface area contributed by atoms with E-state index in [9.17, 15) is 4.79 Å². The summed E-state index contributed by atoms with van der Waals surface area (Å²) in [4.78, 5) is 12.1. The second-order valence-corrected chi connectivity index (χ2v) is 3.83. The molecule has 92 valence electrons. The Morgan fingerprint density at radius 3 is 2.61 bits per heavy atom. The molecule has 0 fully saturated rings. The van der Waals surface area contributed by atoms with Crippen LogP contribution >= 0.6 is 0 Å². The van der Waals surface area contributed by atoms with E-state index in [1.165, 1.54) is 10.6 Å². The summed E-state index contributed by atoms with van der Waals surface area (Å²) in [7, 11) is 0. The zero-order valence-corrected chi connectivity index (χ0v) is 9.65. The van der Waals surface area contributed by atoms with E-state index in [2.05, 4.69) is 5.16 Å². The van der Waals surface area contributed by atoms with Gasteiger partial charge in [0.05, 0.1) is 12.1 Å². The van der Waals surface area contributed by atoms with Crippen molar-refractivity contribution in [2.75, 3.05) is 0 Å². The van der Waals surface area contributed by atoms with E-state index >= 15 is 0 Å². The second kappa shape index (κ2) is 5.18. The van der Waals surface area contributed by atoms with Crippen molar-refractivity contribution in [2.24, 2.45) is 10.9 Å². The van der Waals surface area contributed by atoms with E-state index in [4.69, 9.17) is 10.9 Å². The molecule has 1 aromatic heterocycles. The lowest BCUT2D eigenvalue weighted by atomic mass is 10.2. The number of aromatic nitrogens is 1. The number of rotatable bonds is 3. The fraction of sp³-hybridized carbons (Fsp3) is 0.0769. The van der Waals surface area contributed by atoms with Crippen LogP contribution < -0.4 is 11.3 Å². The number of hydrogen-bond acceptors (Lipinski definition) is 3. The molecule has 1 heterocycles. The SMILES string of the molecule is N/C(=N/O)c1cccn(Cc2ccccc2)c1=O. The van der Waals surface area contributed by atoms with Gasteiger partial charge in [-0.15, -0.1) is 0 Å². The molecule has 0 radical (unpaired) electrons. The van der Waals surface area contributed by atoms with E-state index in [0.717, 1.165) is 5.56 Å². The monoisotopic (exact) mass is 243 g/mol. The number of nitrogens with zero attached hydrogens (tertiary/aromatic N) is 2. The standard InChI is InChI=1S/C13H13N3O2/c14-12(15-18)11-7-4-8-16(13(11)17)9-10-5-2-1-3-6-10/h1-8,18H,9H2,(H2,14,15). The molecular weight excluding hydrogens is 230 g/mol. The van der Waals surface area contributed by atoms with Crippen LogP contribution in [0.5, 0.6) is 0 Å². The summed E-state index contributed by atoms with van der Waals surface area (Å²) in [6.07, 6.45) is 1.67. The summed E-state index contributed by atoms with van der Waals surface area (Å²) in [5, 5.41) is 11.5. The van der Waals surface area contributed by atoms with Crippen molar-refractivity contribution >= 4 is 5.84 Å². The maximum Gasteiger partial charge on any atom is 0.261 e. The summed E-state index contributed by atoms with van der Waals surface area (Å²) >= 11 is 0. The van der Waals surface area contributed by atoms with E-state index in [1.54, 1.807) is 12.3 Å². The molecule has 5 heteroatoms. The zero-order chi connectivity index (χ0) is 13.0. The molecule has 0 atom stereocenters. The van der Waals surface area contributed by atoms with Crippen LogP contribution in [0.4, 0.5) is 0 Å². The highest BCUT2D eigenvalue weighted by Crippen LogP contribution is 2.01. The third-order valence-corrected chi connectivity index (χ3v) is 2.60. The van der Waals surface area contributed by atoms with Crippen molar-refractivity contribution in [2.45, 2.75) is 6.54 Å². The number of nitrogens with two attached hydrogens (primary N) is 1. The van der Waals surface area contributed by atoms with Crippen LogP contribution in [0.2, 0.25) is 0 Å². The van der Waals surface area contributed by atoms with Crippen LogP contribution in [-0.4, -0.2) is 15.6 Å². The number of pyridine rings is 1. The van der Waals surface area contributed by atoms with Crippen molar-refractivity contribution < 1.29 is 5.21 Å². The molecule has 2 rings (SSSR count). The largest absolute Gasteiger partial charge is 0.409 e. The Bertz CT molecular complexity index is 618. The van der Waals surface area contributed by atoms with E-state index in [0.29, 0.717) is 6.54 Å². The maximum atomic E-state index is 12.1. The molecule has 0 aliphatic heterocycles. The quantitative estimate of drug-likeness (QED) is 0.365. The van der Waals surface area contributed by atoms with Gasteiger partial charge >= 0.3 is 0 Å². The molecule has 0 aliphatic carbocycles. The Morgan fingerprint density at radius 1 is 1.22 bits per heavy atom. The summed E-state index contributed by atoms with van der Waals surface area (Å²) in [6.45, 7) is 0.451. The molecule has 0 saturated heterocycles. The van der Waals surface area contributed by atoms with Crippen molar-refractivity contribution in [3.05, 3.63) is 70.1 Å². The molecular formula is C13H13N3O2. The molecule has 0 aliphatic rings. The second-order valence-electron chi connectivity index (χ2n) is 3.83. The summed E-state index contributed by atoms with van der Waals surface area (Å²) < 4.78 is 1.52. The molecule has 0 spiro atoms. The van der Waals surface area contributed by atoms with Gasteiger partial charge in [-0.1, -0.05) is 35.5 Å².